The first-order chi connectivity index (χ1) is 7.24. The zero-order valence-electron chi connectivity index (χ0n) is 8.20. The van der Waals surface area contributed by atoms with Crippen LogP contribution >= 0.6 is 22.6 Å². The smallest absolute Gasteiger partial charge is 0.121 e. The summed E-state index contributed by atoms with van der Waals surface area (Å²) in [7, 11) is 1.63. The number of benzene rings is 1. The molecule has 2 rings (SSSR count). The number of aliphatic hydroxyl groups excluding tert-OH is 1. The molecular weight excluding hydrogens is 305 g/mol. The lowest BCUT2D eigenvalue weighted by molar-refractivity contribution is 0.280. The zero-order chi connectivity index (χ0) is 10.8. The van der Waals surface area contributed by atoms with Crippen molar-refractivity contribution in [1.29, 1.82) is 0 Å². The Labute approximate surface area is 101 Å². The van der Waals surface area contributed by atoms with Crippen LogP contribution in [-0.4, -0.2) is 17.2 Å². The molecule has 0 saturated heterocycles. The number of rotatable bonds is 2. The van der Waals surface area contributed by atoms with Crippen molar-refractivity contribution in [3.05, 3.63) is 33.5 Å². The summed E-state index contributed by atoms with van der Waals surface area (Å²) >= 11 is 2.12. The molecule has 15 heavy (non-hydrogen) atoms. The molecule has 78 valence electrons. The minimum atomic E-state index is 0.0211. The van der Waals surface area contributed by atoms with Gasteiger partial charge in [-0.15, -0.1) is 0 Å². The van der Waals surface area contributed by atoms with Gasteiger partial charge in [0.1, 0.15) is 9.45 Å². The Morgan fingerprint density at radius 2 is 2.20 bits per heavy atom. The Hall–Kier alpha value is -0.880. The topological polar surface area (TPSA) is 42.4 Å². The first-order valence-electron chi connectivity index (χ1n) is 4.48. The highest BCUT2D eigenvalue weighted by Crippen LogP contribution is 2.22. The molecule has 3 nitrogen and oxygen atoms in total. The van der Waals surface area contributed by atoms with Crippen LogP contribution in [0.2, 0.25) is 0 Å². The fraction of sp³-hybridized carbons (Fsp3) is 0.182. The number of pyridine rings is 1. The lowest BCUT2D eigenvalue weighted by Crippen LogP contribution is -1.93. The summed E-state index contributed by atoms with van der Waals surface area (Å²) < 4.78 is 5.96. The Morgan fingerprint density at radius 1 is 1.40 bits per heavy atom. The number of nitrogens with zero attached hydrogens (tertiary/aromatic N) is 1. The summed E-state index contributed by atoms with van der Waals surface area (Å²) in [5.74, 6) is 0.794. The standard InChI is InChI=1S/C11H10INO2/c1-15-9-3-2-7-4-8(6-14)11(12)13-10(7)5-9/h2-5,14H,6H2,1H3. The number of hydrogen-bond acceptors (Lipinski definition) is 3. The molecule has 1 heterocycles. The second kappa shape index (κ2) is 4.32. The average molecular weight is 315 g/mol. The van der Waals surface area contributed by atoms with Crippen LogP contribution < -0.4 is 4.74 Å². The number of aliphatic hydroxyl groups is 1. The predicted molar refractivity (Wildman–Crippen MR) is 66.9 cm³/mol. The summed E-state index contributed by atoms with van der Waals surface area (Å²) in [5, 5.41) is 10.1. The SMILES string of the molecule is COc1ccc2cc(CO)c(I)nc2c1. The van der Waals surface area contributed by atoms with Crippen LogP contribution in [0.3, 0.4) is 0 Å². The van der Waals surface area contributed by atoms with E-state index < -0.39 is 0 Å². The first-order valence-corrected chi connectivity index (χ1v) is 5.56. The molecule has 1 N–H and O–H groups in total. The highest BCUT2D eigenvalue weighted by atomic mass is 127. The van der Waals surface area contributed by atoms with E-state index in [1.165, 1.54) is 0 Å². The highest BCUT2D eigenvalue weighted by Gasteiger charge is 2.04. The van der Waals surface area contributed by atoms with Gasteiger partial charge in [-0.1, -0.05) is 0 Å². The maximum absolute atomic E-state index is 9.11. The molecule has 0 aliphatic carbocycles. The van der Waals surface area contributed by atoms with E-state index in [0.29, 0.717) is 0 Å². The number of aromatic nitrogens is 1. The molecule has 0 aliphatic rings. The number of fused-ring (bicyclic) bond motifs is 1. The zero-order valence-corrected chi connectivity index (χ0v) is 10.4. The summed E-state index contributed by atoms with van der Waals surface area (Å²) in [4.78, 5) is 4.40. The molecule has 1 aromatic heterocycles. The molecule has 0 bridgehead atoms. The van der Waals surface area contributed by atoms with Crippen LogP contribution in [0.4, 0.5) is 0 Å². The Kier molecular flexibility index (Phi) is 3.06. The van der Waals surface area contributed by atoms with Crippen molar-refractivity contribution in [1.82, 2.24) is 4.98 Å². The number of halogens is 1. The predicted octanol–water partition coefficient (Wildman–Crippen LogP) is 2.34. The molecule has 1 aromatic carbocycles. The molecule has 0 unspecified atom stereocenters. The summed E-state index contributed by atoms with van der Waals surface area (Å²) in [6.45, 7) is 0.0211. The van der Waals surface area contributed by atoms with E-state index in [0.717, 1.165) is 25.9 Å². The molecule has 0 saturated carbocycles. The van der Waals surface area contributed by atoms with Gasteiger partial charge in [-0.25, -0.2) is 4.98 Å². The van der Waals surface area contributed by atoms with Gasteiger partial charge in [0.15, 0.2) is 0 Å². The third kappa shape index (κ3) is 2.05. The minimum absolute atomic E-state index is 0.0211. The van der Waals surface area contributed by atoms with Crippen LogP contribution in [0.25, 0.3) is 10.9 Å². The molecule has 0 spiro atoms. The van der Waals surface area contributed by atoms with E-state index in [2.05, 4.69) is 27.6 Å². The molecular formula is C11H10INO2. The van der Waals surface area contributed by atoms with Crippen LogP contribution in [0.1, 0.15) is 5.56 Å². The van der Waals surface area contributed by atoms with Crippen LogP contribution in [0, 0.1) is 3.70 Å². The Morgan fingerprint density at radius 3 is 2.87 bits per heavy atom. The van der Waals surface area contributed by atoms with E-state index in [1.807, 2.05) is 24.3 Å². The van der Waals surface area contributed by atoms with Crippen molar-refractivity contribution in [3.8, 4) is 5.75 Å². The van der Waals surface area contributed by atoms with Gasteiger partial charge in [-0.05, 0) is 40.8 Å². The van der Waals surface area contributed by atoms with Crippen LogP contribution in [0.5, 0.6) is 5.75 Å². The second-order valence-corrected chi connectivity index (χ2v) is 4.18. The van der Waals surface area contributed by atoms with Crippen molar-refractivity contribution in [2.45, 2.75) is 6.61 Å². The summed E-state index contributed by atoms with van der Waals surface area (Å²) in [6.07, 6.45) is 0. The van der Waals surface area contributed by atoms with Gasteiger partial charge in [-0.3, -0.25) is 0 Å². The van der Waals surface area contributed by atoms with Crippen molar-refractivity contribution < 1.29 is 9.84 Å². The fourth-order valence-corrected chi connectivity index (χ4v) is 1.99. The van der Waals surface area contributed by atoms with Gasteiger partial charge < -0.3 is 9.84 Å². The third-order valence-electron chi connectivity index (χ3n) is 2.22. The highest BCUT2D eigenvalue weighted by molar-refractivity contribution is 14.1. The van der Waals surface area contributed by atoms with Gasteiger partial charge in [0.25, 0.3) is 0 Å². The van der Waals surface area contributed by atoms with Crippen LogP contribution in [0.15, 0.2) is 24.3 Å². The average Bonchev–Trinajstić information content (AvgIpc) is 2.27. The Bertz CT molecular complexity index is 499. The maximum atomic E-state index is 9.11. The summed E-state index contributed by atoms with van der Waals surface area (Å²) in [6, 6.07) is 7.66. The van der Waals surface area contributed by atoms with Crippen molar-refractivity contribution in [2.75, 3.05) is 7.11 Å². The molecule has 2 aromatic rings. The lowest BCUT2D eigenvalue weighted by Gasteiger charge is -2.05. The normalized spacial score (nSPS) is 10.6. The third-order valence-corrected chi connectivity index (χ3v) is 3.16. The largest absolute Gasteiger partial charge is 0.497 e. The number of ether oxygens (including phenoxy) is 1. The number of hydrogen-bond donors (Lipinski definition) is 1. The van der Waals surface area contributed by atoms with Crippen molar-refractivity contribution in [2.24, 2.45) is 0 Å². The van der Waals surface area contributed by atoms with Gasteiger partial charge in [0.2, 0.25) is 0 Å². The molecule has 0 radical (unpaired) electrons. The maximum Gasteiger partial charge on any atom is 0.121 e. The second-order valence-electron chi connectivity index (χ2n) is 3.16. The fourth-order valence-electron chi connectivity index (χ4n) is 1.41. The van der Waals surface area contributed by atoms with E-state index in [9.17, 15) is 0 Å². The van der Waals surface area contributed by atoms with Gasteiger partial charge >= 0.3 is 0 Å². The number of methoxy groups -OCH3 is 1. The lowest BCUT2D eigenvalue weighted by atomic mass is 10.1. The molecule has 0 amide bonds. The minimum Gasteiger partial charge on any atom is -0.497 e. The first kappa shape index (κ1) is 10.6. The molecule has 0 fully saturated rings. The summed E-state index contributed by atoms with van der Waals surface area (Å²) in [5.41, 5.74) is 1.74. The van der Waals surface area contributed by atoms with E-state index in [-0.39, 0.29) is 6.61 Å². The molecule has 0 aliphatic heterocycles. The Balaban J connectivity index is 2.65. The molecule has 4 heteroatoms. The monoisotopic (exact) mass is 315 g/mol. The van der Waals surface area contributed by atoms with E-state index in [1.54, 1.807) is 7.11 Å². The quantitative estimate of drug-likeness (QED) is 0.683. The van der Waals surface area contributed by atoms with Gasteiger partial charge in [0.05, 0.1) is 19.2 Å². The van der Waals surface area contributed by atoms with Crippen molar-refractivity contribution in [3.63, 3.8) is 0 Å². The van der Waals surface area contributed by atoms with E-state index >= 15 is 0 Å². The van der Waals surface area contributed by atoms with Crippen molar-refractivity contribution >= 4 is 33.5 Å². The van der Waals surface area contributed by atoms with E-state index in [4.69, 9.17) is 9.84 Å². The van der Waals surface area contributed by atoms with Crippen LogP contribution in [-0.2, 0) is 6.61 Å². The van der Waals surface area contributed by atoms with Gasteiger partial charge in [0, 0.05) is 17.0 Å². The molecule has 0 atom stereocenters. The van der Waals surface area contributed by atoms with Gasteiger partial charge in [-0.2, -0.15) is 0 Å².